The molecule has 2 rings (SSSR count). The number of halogens is 3. The maximum Gasteiger partial charge on any atom is 0.137 e. The molecule has 4 heteroatoms. The molecule has 0 bridgehead atoms. The topological polar surface area (TPSA) is 12.0 Å². The summed E-state index contributed by atoms with van der Waals surface area (Å²) in [6.07, 6.45) is 0. The van der Waals surface area contributed by atoms with Gasteiger partial charge in [0, 0.05) is 16.7 Å². The van der Waals surface area contributed by atoms with Crippen molar-refractivity contribution in [2.24, 2.45) is 0 Å². The molecule has 0 aromatic heterocycles. The molecule has 1 N–H and O–H groups in total. The average Bonchev–Trinajstić information content (AvgIpc) is 2.34. The van der Waals surface area contributed by atoms with E-state index in [1.165, 1.54) is 11.6 Å². The Kier molecular flexibility index (Phi) is 4.40. The van der Waals surface area contributed by atoms with Gasteiger partial charge in [-0.05, 0) is 74.2 Å². The number of hydrogen-bond donors (Lipinski definition) is 1. The minimum absolute atomic E-state index is 0.240. The van der Waals surface area contributed by atoms with Crippen molar-refractivity contribution in [1.82, 2.24) is 0 Å². The first-order chi connectivity index (χ1) is 8.56. The van der Waals surface area contributed by atoms with Crippen LogP contribution in [0.2, 0.25) is 0 Å². The van der Waals surface area contributed by atoms with Crippen molar-refractivity contribution in [3.63, 3.8) is 0 Å². The lowest BCUT2D eigenvalue weighted by Crippen LogP contribution is -2.00. The minimum atomic E-state index is -0.240. The molecule has 18 heavy (non-hydrogen) atoms. The molecule has 0 aliphatic heterocycles. The van der Waals surface area contributed by atoms with Gasteiger partial charge in [-0.1, -0.05) is 12.1 Å². The zero-order valence-electron chi connectivity index (χ0n) is 9.81. The second-order valence-corrected chi connectivity index (χ2v) is 5.79. The molecule has 0 fully saturated rings. The van der Waals surface area contributed by atoms with Crippen LogP contribution in [-0.2, 0) is 6.54 Å². The van der Waals surface area contributed by atoms with Crippen LogP contribution in [0.3, 0.4) is 0 Å². The van der Waals surface area contributed by atoms with Gasteiger partial charge in [0.1, 0.15) is 5.82 Å². The largest absolute Gasteiger partial charge is 0.380 e. The summed E-state index contributed by atoms with van der Waals surface area (Å²) in [6, 6.07) is 11.2. The summed E-state index contributed by atoms with van der Waals surface area (Å²) in [5.74, 6) is -0.240. The molecule has 94 valence electrons. The van der Waals surface area contributed by atoms with Gasteiger partial charge in [-0.25, -0.2) is 4.39 Å². The summed E-state index contributed by atoms with van der Waals surface area (Å²) in [7, 11) is 0. The normalized spacial score (nSPS) is 10.4. The number of aryl methyl sites for hydroxylation is 1. The van der Waals surface area contributed by atoms with E-state index in [4.69, 9.17) is 0 Å². The molecule has 0 atom stereocenters. The van der Waals surface area contributed by atoms with E-state index in [-0.39, 0.29) is 5.82 Å². The summed E-state index contributed by atoms with van der Waals surface area (Å²) >= 11 is 6.68. The lowest BCUT2D eigenvalue weighted by molar-refractivity contribution is 0.620. The Balaban J connectivity index is 2.11. The number of rotatable bonds is 3. The van der Waals surface area contributed by atoms with E-state index in [9.17, 15) is 4.39 Å². The first kappa shape index (κ1) is 13.6. The van der Waals surface area contributed by atoms with Crippen molar-refractivity contribution < 1.29 is 4.39 Å². The van der Waals surface area contributed by atoms with Gasteiger partial charge in [-0.15, -0.1) is 0 Å². The van der Waals surface area contributed by atoms with E-state index in [1.807, 2.05) is 19.1 Å². The summed E-state index contributed by atoms with van der Waals surface area (Å²) in [6.45, 7) is 2.70. The fourth-order valence-corrected chi connectivity index (χ4v) is 2.43. The monoisotopic (exact) mass is 371 g/mol. The molecular weight excluding hydrogens is 361 g/mol. The van der Waals surface area contributed by atoms with Crippen LogP contribution in [0.15, 0.2) is 45.3 Å². The fraction of sp³-hybridized carbons (Fsp3) is 0.143. The van der Waals surface area contributed by atoms with Crippen LogP contribution in [0, 0.1) is 12.7 Å². The van der Waals surface area contributed by atoms with E-state index >= 15 is 0 Å². The molecule has 0 radical (unpaired) electrons. The summed E-state index contributed by atoms with van der Waals surface area (Å²) in [4.78, 5) is 0. The Morgan fingerprint density at radius 1 is 1.06 bits per heavy atom. The van der Waals surface area contributed by atoms with Gasteiger partial charge in [0.15, 0.2) is 0 Å². The molecule has 0 aliphatic carbocycles. The third-order valence-electron chi connectivity index (χ3n) is 2.59. The Hall–Kier alpha value is -0.870. The standard InChI is InChI=1S/C14H12Br2FN/c1-9-2-4-11(15)14(6-9)18-8-10-3-5-13(17)12(16)7-10/h2-7,18H,8H2,1H3. The number of anilines is 1. The third kappa shape index (κ3) is 3.33. The highest BCUT2D eigenvalue weighted by Crippen LogP contribution is 2.24. The quantitative estimate of drug-likeness (QED) is 0.773. The van der Waals surface area contributed by atoms with Crippen molar-refractivity contribution in [3.05, 3.63) is 62.3 Å². The average molecular weight is 373 g/mol. The van der Waals surface area contributed by atoms with E-state index in [2.05, 4.69) is 43.2 Å². The summed E-state index contributed by atoms with van der Waals surface area (Å²) in [5, 5.41) is 3.33. The van der Waals surface area contributed by atoms with Gasteiger partial charge in [0.05, 0.1) is 4.47 Å². The Morgan fingerprint density at radius 3 is 2.56 bits per heavy atom. The van der Waals surface area contributed by atoms with Crippen LogP contribution in [0.5, 0.6) is 0 Å². The van der Waals surface area contributed by atoms with Gasteiger partial charge < -0.3 is 5.32 Å². The molecular formula is C14H12Br2FN. The van der Waals surface area contributed by atoms with Crippen LogP contribution >= 0.6 is 31.9 Å². The Morgan fingerprint density at radius 2 is 1.83 bits per heavy atom. The highest BCUT2D eigenvalue weighted by molar-refractivity contribution is 9.10. The van der Waals surface area contributed by atoms with Crippen molar-refractivity contribution in [2.45, 2.75) is 13.5 Å². The van der Waals surface area contributed by atoms with E-state index in [1.54, 1.807) is 12.1 Å². The van der Waals surface area contributed by atoms with Crippen LogP contribution in [0.4, 0.5) is 10.1 Å². The Bertz CT molecular complexity index is 570. The van der Waals surface area contributed by atoms with Crippen molar-refractivity contribution in [2.75, 3.05) is 5.32 Å². The molecule has 0 unspecified atom stereocenters. The second kappa shape index (κ2) is 5.85. The first-order valence-corrected chi connectivity index (χ1v) is 7.09. The lowest BCUT2D eigenvalue weighted by Gasteiger charge is -2.10. The highest BCUT2D eigenvalue weighted by Gasteiger charge is 2.02. The minimum Gasteiger partial charge on any atom is -0.380 e. The predicted octanol–water partition coefficient (Wildman–Crippen LogP) is 5.27. The summed E-state index contributed by atoms with van der Waals surface area (Å²) in [5.41, 5.74) is 3.26. The van der Waals surface area contributed by atoms with E-state index in [0.717, 1.165) is 15.7 Å². The zero-order valence-corrected chi connectivity index (χ0v) is 13.0. The molecule has 2 aromatic carbocycles. The highest BCUT2D eigenvalue weighted by atomic mass is 79.9. The lowest BCUT2D eigenvalue weighted by atomic mass is 10.2. The van der Waals surface area contributed by atoms with Crippen molar-refractivity contribution in [1.29, 1.82) is 0 Å². The molecule has 0 amide bonds. The van der Waals surface area contributed by atoms with Gasteiger partial charge in [-0.2, -0.15) is 0 Å². The number of hydrogen-bond acceptors (Lipinski definition) is 1. The van der Waals surface area contributed by atoms with Crippen LogP contribution < -0.4 is 5.32 Å². The number of benzene rings is 2. The fourth-order valence-electron chi connectivity index (χ4n) is 1.62. The van der Waals surface area contributed by atoms with Gasteiger partial charge in [0.2, 0.25) is 0 Å². The summed E-state index contributed by atoms with van der Waals surface area (Å²) < 4.78 is 14.6. The van der Waals surface area contributed by atoms with Crippen LogP contribution in [0.25, 0.3) is 0 Å². The third-order valence-corrected chi connectivity index (χ3v) is 3.89. The molecule has 0 heterocycles. The molecule has 0 aliphatic rings. The zero-order chi connectivity index (χ0) is 13.1. The Labute approximate surface area is 123 Å². The predicted molar refractivity (Wildman–Crippen MR) is 80.3 cm³/mol. The van der Waals surface area contributed by atoms with E-state index < -0.39 is 0 Å². The van der Waals surface area contributed by atoms with Gasteiger partial charge in [0.25, 0.3) is 0 Å². The molecule has 0 spiro atoms. The molecule has 2 aromatic rings. The SMILES string of the molecule is Cc1ccc(Br)c(NCc2ccc(F)c(Br)c2)c1. The maximum absolute atomic E-state index is 13.1. The molecule has 1 nitrogen and oxygen atoms in total. The van der Waals surface area contributed by atoms with Gasteiger partial charge in [-0.3, -0.25) is 0 Å². The van der Waals surface area contributed by atoms with Crippen LogP contribution in [0.1, 0.15) is 11.1 Å². The van der Waals surface area contributed by atoms with Gasteiger partial charge >= 0.3 is 0 Å². The molecule has 0 saturated heterocycles. The van der Waals surface area contributed by atoms with Crippen LogP contribution in [-0.4, -0.2) is 0 Å². The second-order valence-electron chi connectivity index (χ2n) is 4.09. The van der Waals surface area contributed by atoms with E-state index in [0.29, 0.717) is 11.0 Å². The number of nitrogens with one attached hydrogen (secondary N) is 1. The molecule has 0 saturated carbocycles. The van der Waals surface area contributed by atoms with Crippen molar-refractivity contribution >= 4 is 37.5 Å². The smallest absolute Gasteiger partial charge is 0.137 e. The van der Waals surface area contributed by atoms with Crippen molar-refractivity contribution in [3.8, 4) is 0 Å². The first-order valence-electron chi connectivity index (χ1n) is 5.50. The maximum atomic E-state index is 13.1.